The van der Waals surface area contributed by atoms with E-state index >= 15 is 0 Å². The molecule has 1 saturated heterocycles. The highest BCUT2D eigenvalue weighted by molar-refractivity contribution is 6.30. The van der Waals surface area contributed by atoms with Crippen LogP contribution in [-0.2, 0) is 4.79 Å². The number of carboxylic acid groups (broad SMARTS) is 1. The first kappa shape index (κ1) is 19.6. The van der Waals surface area contributed by atoms with Crippen molar-refractivity contribution in [2.24, 2.45) is 5.92 Å². The molecule has 1 N–H and O–H groups in total. The SMILES string of the molecule is O=C(O)[C@@H]1CN(CCN2C(=O)c3ccccc3C2=O)CC[C@@H]1c1ccc(Cl)cc1. The van der Waals surface area contributed by atoms with E-state index in [0.29, 0.717) is 42.2 Å². The number of halogens is 1. The Balaban J connectivity index is 1.41. The first-order valence-electron chi connectivity index (χ1n) is 9.61. The van der Waals surface area contributed by atoms with Crippen molar-refractivity contribution < 1.29 is 19.5 Å². The number of carbonyl (C=O) groups is 3. The third kappa shape index (κ3) is 3.78. The normalized spacial score (nSPS) is 22.0. The molecule has 2 aromatic rings. The molecule has 7 heteroatoms. The standard InChI is InChI=1S/C22H21ClN2O4/c23-15-7-5-14(6-8-15)16-9-10-24(13-19(16)22(28)29)11-12-25-20(26)17-3-1-2-4-18(17)21(25)27/h1-8,16,19H,9-13H2,(H,28,29)/t16-,19-/m1/s1. The van der Waals surface area contributed by atoms with Crippen molar-refractivity contribution in [3.05, 3.63) is 70.2 Å². The molecule has 2 aromatic carbocycles. The van der Waals surface area contributed by atoms with E-state index in [0.717, 1.165) is 5.56 Å². The zero-order valence-corrected chi connectivity index (χ0v) is 16.5. The van der Waals surface area contributed by atoms with Crippen LogP contribution in [0.5, 0.6) is 0 Å². The van der Waals surface area contributed by atoms with E-state index in [1.807, 2.05) is 17.0 Å². The highest BCUT2D eigenvalue weighted by Crippen LogP contribution is 2.34. The molecular formula is C22H21ClN2O4. The Kier molecular flexibility index (Phi) is 5.39. The maximum Gasteiger partial charge on any atom is 0.308 e. The van der Waals surface area contributed by atoms with Crippen LogP contribution in [0.25, 0.3) is 0 Å². The molecule has 6 nitrogen and oxygen atoms in total. The molecule has 2 atom stereocenters. The molecule has 0 saturated carbocycles. The maximum absolute atomic E-state index is 12.5. The zero-order valence-electron chi connectivity index (χ0n) is 15.8. The summed E-state index contributed by atoms with van der Waals surface area (Å²) < 4.78 is 0. The predicted molar refractivity (Wildman–Crippen MR) is 108 cm³/mol. The van der Waals surface area contributed by atoms with Crippen molar-refractivity contribution in [2.45, 2.75) is 12.3 Å². The number of carbonyl (C=O) groups excluding carboxylic acids is 2. The molecule has 2 aliphatic heterocycles. The molecule has 4 rings (SSSR count). The van der Waals surface area contributed by atoms with E-state index in [1.54, 1.807) is 36.4 Å². The van der Waals surface area contributed by atoms with Gasteiger partial charge in [-0.2, -0.15) is 0 Å². The third-order valence-corrected chi connectivity index (χ3v) is 6.08. The lowest BCUT2D eigenvalue weighted by molar-refractivity contribution is -0.144. The second-order valence-electron chi connectivity index (χ2n) is 7.50. The van der Waals surface area contributed by atoms with Gasteiger partial charge in [0.1, 0.15) is 0 Å². The van der Waals surface area contributed by atoms with Gasteiger partial charge in [0.25, 0.3) is 11.8 Å². The Bertz CT molecular complexity index is 925. The number of fused-ring (bicyclic) bond motifs is 1. The fraction of sp³-hybridized carbons (Fsp3) is 0.318. The lowest BCUT2D eigenvalue weighted by atomic mass is 9.80. The molecule has 150 valence electrons. The van der Waals surface area contributed by atoms with Gasteiger partial charge in [-0.1, -0.05) is 35.9 Å². The van der Waals surface area contributed by atoms with Crippen LogP contribution in [0.3, 0.4) is 0 Å². The number of benzene rings is 2. The second kappa shape index (κ2) is 7.97. The molecule has 2 amide bonds. The van der Waals surface area contributed by atoms with Gasteiger partial charge in [-0.15, -0.1) is 0 Å². The molecule has 2 aliphatic rings. The second-order valence-corrected chi connectivity index (χ2v) is 7.94. The number of nitrogens with zero attached hydrogens (tertiary/aromatic N) is 2. The molecule has 0 unspecified atom stereocenters. The van der Waals surface area contributed by atoms with Crippen molar-refractivity contribution in [1.29, 1.82) is 0 Å². The number of amides is 2. The smallest absolute Gasteiger partial charge is 0.308 e. The van der Waals surface area contributed by atoms with Crippen molar-refractivity contribution in [1.82, 2.24) is 9.80 Å². The van der Waals surface area contributed by atoms with Gasteiger partial charge in [0, 0.05) is 24.7 Å². The number of aliphatic carboxylic acids is 1. The van der Waals surface area contributed by atoms with Gasteiger partial charge >= 0.3 is 5.97 Å². The van der Waals surface area contributed by atoms with Gasteiger partial charge in [0.2, 0.25) is 0 Å². The van der Waals surface area contributed by atoms with Gasteiger partial charge in [-0.05, 0) is 48.7 Å². The first-order chi connectivity index (χ1) is 14.0. The van der Waals surface area contributed by atoms with Crippen molar-refractivity contribution in [3.8, 4) is 0 Å². The minimum Gasteiger partial charge on any atom is -0.481 e. The van der Waals surface area contributed by atoms with Gasteiger partial charge in [-0.25, -0.2) is 0 Å². The van der Waals surface area contributed by atoms with Crippen LogP contribution in [0.1, 0.15) is 38.6 Å². The molecule has 2 heterocycles. The van der Waals surface area contributed by atoms with Crippen LogP contribution in [0, 0.1) is 5.92 Å². The van der Waals surface area contributed by atoms with E-state index in [1.165, 1.54) is 4.90 Å². The monoisotopic (exact) mass is 412 g/mol. The topological polar surface area (TPSA) is 77.9 Å². The third-order valence-electron chi connectivity index (χ3n) is 5.83. The summed E-state index contributed by atoms with van der Waals surface area (Å²) in [6.07, 6.45) is 0.695. The summed E-state index contributed by atoms with van der Waals surface area (Å²) >= 11 is 5.95. The molecular weight excluding hydrogens is 392 g/mol. The number of imide groups is 1. The number of hydrogen-bond donors (Lipinski definition) is 1. The molecule has 0 radical (unpaired) electrons. The molecule has 0 aliphatic carbocycles. The minimum atomic E-state index is -0.838. The van der Waals surface area contributed by atoms with Crippen LogP contribution in [-0.4, -0.2) is 58.9 Å². The Morgan fingerprint density at radius 2 is 1.62 bits per heavy atom. The van der Waals surface area contributed by atoms with E-state index in [2.05, 4.69) is 0 Å². The molecule has 0 bridgehead atoms. The molecule has 1 fully saturated rings. The Morgan fingerprint density at radius 3 is 2.21 bits per heavy atom. The summed E-state index contributed by atoms with van der Waals surface area (Å²) in [4.78, 5) is 40.2. The van der Waals surface area contributed by atoms with E-state index in [-0.39, 0.29) is 24.3 Å². The van der Waals surface area contributed by atoms with E-state index in [4.69, 9.17) is 11.6 Å². The van der Waals surface area contributed by atoms with Crippen LogP contribution in [0.2, 0.25) is 5.02 Å². The van der Waals surface area contributed by atoms with E-state index in [9.17, 15) is 19.5 Å². The number of piperidine rings is 1. The number of likely N-dealkylation sites (tertiary alicyclic amines) is 1. The summed E-state index contributed by atoms with van der Waals surface area (Å²) in [5, 5.41) is 10.4. The zero-order chi connectivity index (χ0) is 20.5. The predicted octanol–water partition coefficient (Wildman–Crippen LogP) is 3.13. The summed E-state index contributed by atoms with van der Waals surface area (Å²) in [5.74, 6) is -2.03. The van der Waals surface area contributed by atoms with Crippen LogP contribution in [0.15, 0.2) is 48.5 Å². The summed E-state index contributed by atoms with van der Waals surface area (Å²) in [5.41, 5.74) is 1.84. The van der Waals surface area contributed by atoms with Gasteiger partial charge in [-0.3, -0.25) is 19.3 Å². The van der Waals surface area contributed by atoms with Crippen LogP contribution >= 0.6 is 11.6 Å². The molecule has 0 spiro atoms. The fourth-order valence-electron chi connectivity index (χ4n) is 4.27. The van der Waals surface area contributed by atoms with Crippen molar-refractivity contribution in [2.75, 3.05) is 26.2 Å². The highest BCUT2D eigenvalue weighted by Gasteiger charge is 2.38. The summed E-state index contributed by atoms with van der Waals surface area (Å²) in [6, 6.07) is 14.1. The maximum atomic E-state index is 12.5. The number of rotatable bonds is 5. The fourth-order valence-corrected chi connectivity index (χ4v) is 4.39. The van der Waals surface area contributed by atoms with Gasteiger partial charge in [0.05, 0.1) is 17.0 Å². The molecule has 0 aromatic heterocycles. The lowest BCUT2D eigenvalue weighted by Crippen LogP contribution is -2.46. The lowest BCUT2D eigenvalue weighted by Gasteiger charge is -2.37. The van der Waals surface area contributed by atoms with Crippen molar-refractivity contribution >= 4 is 29.4 Å². The van der Waals surface area contributed by atoms with Crippen molar-refractivity contribution in [3.63, 3.8) is 0 Å². The average molecular weight is 413 g/mol. The average Bonchev–Trinajstić information content (AvgIpc) is 2.97. The van der Waals surface area contributed by atoms with Gasteiger partial charge in [0.15, 0.2) is 0 Å². The number of hydrogen-bond acceptors (Lipinski definition) is 4. The quantitative estimate of drug-likeness (QED) is 0.763. The molecule has 29 heavy (non-hydrogen) atoms. The largest absolute Gasteiger partial charge is 0.481 e. The van der Waals surface area contributed by atoms with Crippen LogP contribution < -0.4 is 0 Å². The van der Waals surface area contributed by atoms with Crippen LogP contribution in [0.4, 0.5) is 0 Å². The number of carboxylic acids is 1. The van der Waals surface area contributed by atoms with E-state index < -0.39 is 11.9 Å². The Hall–Kier alpha value is -2.70. The highest BCUT2D eigenvalue weighted by atomic mass is 35.5. The Labute approximate surface area is 173 Å². The first-order valence-corrected chi connectivity index (χ1v) is 9.99. The summed E-state index contributed by atoms with van der Waals surface area (Å²) in [6.45, 7) is 1.80. The van der Waals surface area contributed by atoms with Gasteiger partial charge < -0.3 is 10.0 Å². The summed E-state index contributed by atoms with van der Waals surface area (Å²) in [7, 11) is 0. The minimum absolute atomic E-state index is 0.0830. The Morgan fingerprint density at radius 1 is 1.00 bits per heavy atom.